The fourth-order valence-corrected chi connectivity index (χ4v) is 8.61. The molecule has 0 N–H and O–H groups in total. The van der Waals surface area contributed by atoms with Gasteiger partial charge in [-0.1, -0.05) is 46.6 Å². The summed E-state index contributed by atoms with van der Waals surface area (Å²) in [5, 5.41) is 0. The van der Waals surface area contributed by atoms with E-state index < -0.39 is 5.41 Å². The van der Waals surface area contributed by atoms with Crippen molar-refractivity contribution in [2.24, 2.45) is 45.8 Å². The van der Waals surface area contributed by atoms with Crippen LogP contribution in [-0.4, -0.2) is 17.3 Å². The van der Waals surface area contributed by atoms with Gasteiger partial charge in [-0.15, -0.1) is 6.58 Å². The molecular weight excluding hydrogens is 384 g/mol. The minimum atomic E-state index is -0.393. The van der Waals surface area contributed by atoms with Crippen molar-refractivity contribution in [3.8, 4) is 0 Å². The smallest absolute Gasteiger partial charge is 0.139 e. The van der Waals surface area contributed by atoms with Crippen LogP contribution in [0.2, 0.25) is 0 Å². The maximum absolute atomic E-state index is 13.9. The van der Waals surface area contributed by atoms with Gasteiger partial charge in [-0.05, 0) is 66.6 Å². The molecule has 0 aromatic carbocycles. The molecule has 4 aliphatic carbocycles. The third-order valence-electron chi connectivity index (χ3n) is 11.2. The Labute approximate surface area is 188 Å². The normalized spacial score (nSPS) is 45.6. The van der Waals surface area contributed by atoms with Gasteiger partial charge in [0, 0.05) is 37.0 Å². The van der Waals surface area contributed by atoms with Crippen molar-refractivity contribution in [2.45, 2.75) is 98.3 Å². The van der Waals surface area contributed by atoms with Gasteiger partial charge < -0.3 is 0 Å². The summed E-state index contributed by atoms with van der Waals surface area (Å²) in [5.41, 5.74) is -0.456. The molecule has 0 spiro atoms. The molecule has 4 fully saturated rings. The second kappa shape index (κ2) is 7.96. The van der Waals surface area contributed by atoms with Crippen LogP contribution in [0.5, 0.6) is 0 Å². The summed E-state index contributed by atoms with van der Waals surface area (Å²) in [6.07, 6.45) is 11.7. The number of ketones is 3. The molecule has 0 aromatic rings. The average molecular weight is 427 g/mol. The van der Waals surface area contributed by atoms with E-state index in [1.807, 2.05) is 6.08 Å². The van der Waals surface area contributed by atoms with E-state index in [1.165, 1.54) is 12.8 Å². The standard InChI is InChI=1S/C28H42O3/c1-6-7-8-9-10-18(2)27(4)14-12-21-25-22(17-24(31)28(21,27)5)26(3)13-11-20(29)15-19(26)16-23(25)30/h6,18-19,21-22,25H,1,7-17H2,2-5H3/t18-,19+,21+,22+,25+,26+,27-,28-/m1/s1. The van der Waals surface area contributed by atoms with E-state index >= 15 is 0 Å². The highest BCUT2D eigenvalue weighted by molar-refractivity contribution is 5.93. The minimum Gasteiger partial charge on any atom is -0.300 e. The number of carbonyl (C=O) groups excluding carboxylic acids is 3. The van der Waals surface area contributed by atoms with Gasteiger partial charge in [0.05, 0.1) is 0 Å². The Balaban J connectivity index is 1.62. The second-order valence-corrected chi connectivity index (χ2v) is 12.1. The van der Waals surface area contributed by atoms with E-state index in [-0.39, 0.29) is 34.5 Å². The topological polar surface area (TPSA) is 51.2 Å². The Bertz CT molecular complexity index is 783. The number of hydrogen-bond acceptors (Lipinski definition) is 3. The van der Waals surface area contributed by atoms with Gasteiger partial charge >= 0.3 is 0 Å². The van der Waals surface area contributed by atoms with E-state index in [0.29, 0.717) is 49.0 Å². The molecule has 0 aliphatic heterocycles. The fraction of sp³-hybridized carbons (Fsp3) is 0.821. The molecule has 0 heterocycles. The summed E-state index contributed by atoms with van der Waals surface area (Å²) in [6.45, 7) is 13.0. The van der Waals surface area contributed by atoms with Crippen molar-refractivity contribution in [1.82, 2.24) is 0 Å². The van der Waals surface area contributed by atoms with E-state index in [9.17, 15) is 14.4 Å². The van der Waals surface area contributed by atoms with Crippen molar-refractivity contribution >= 4 is 17.3 Å². The molecular formula is C28H42O3. The first-order valence-corrected chi connectivity index (χ1v) is 12.8. The SMILES string of the molecule is C=CCCCC[C@@H](C)[C@@]1(C)CC[C@H]2[C@@H]3C(=O)C[C@@H]4CC(=O)CC[C@]4(C)[C@H]3CC(=O)[C@@]21C. The molecule has 0 unspecified atom stereocenters. The zero-order chi connectivity index (χ0) is 22.6. The first kappa shape index (κ1) is 22.9. The third kappa shape index (κ3) is 3.23. The molecule has 4 rings (SSSR count). The maximum Gasteiger partial charge on any atom is 0.139 e. The number of unbranched alkanes of at least 4 members (excludes halogenated alkanes) is 2. The third-order valence-corrected chi connectivity index (χ3v) is 11.2. The number of hydrogen-bond donors (Lipinski definition) is 0. The van der Waals surface area contributed by atoms with Crippen molar-refractivity contribution < 1.29 is 14.4 Å². The number of fused-ring (bicyclic) bond motifs is 5. The van der Waals surface area contributed by atoms with Crippen LogP contribution in [0.15, 0.2) is 12.7 Å². The first-order chi connectivity index (χ1) is 14.6. The number of carbonyl (C=O) groups is 3. The lowest BCUT2D eigenvalue weighted by molar-refractivity contribution is -0.171. The summed E-state index contributed by atoms with van der Waals surface area (Å²) in [4.78, 5) is 39.6. The molecule has 8 atom stereocenters. The monoisotopic (exact) mass is 426 g/mol. The molecule has 4 saturated carbocycles. The summed E-state index contributed by atoms with van der Waals surface area (Å²) in [6, 6.07) is 0. The Kier molecular flexibility index (Phi) is 5.88. The highest BCUT2D eigenvalue weighted by atomic mass is 16.1. The predicted octanol–water partition coefficient (Wildman–Crippen LogP) is 6.35. The maximum atomic E-state index is 13.9. The minimum absolute atomic E-state index is 0.0203. The van der Waals surface area contributed by atoms with E-state index in [0.717, 1.165) is 32.1 Å². The lowest BCUT2D eigenvalue weighted by Gasteiger charge is -2.60. The zero-order valence-corrected chi connectivity index (χ0v) is 20.2. The summed E-state index contributed by atoms with van der Waals surface area (Å²) < 4.78 is 0. The van der Waals surface area contributed by atoms with Crippen LogP contribution in [0.25, 0.3) is 0 Å². The number of Topliss-reactive ketones (excluding diaryl/α,β-unsaturated/α-hetero) is 3. The van der Waals surface area contributed by atoms with Gasteiger partial charge in [0.25, 0.3) is 0 Å². The zero-order valence-electron chi connectivity index (χ0n) is 20.2. The molecule has 4 aliphatic rings. The summed E-state index contributed by atoms with van der Waals surface area (Å²) >= 11 is 0. The average Bonchev–Trinajstić information content (AvgIpc) is 3.01. The lowest BCUT2D eigenvalue weighted by atomic mass is 9.42. The van der Waals surface area contributed by atoms with Crippen molar-refractivity contribution in [1.29, 1.82) is 0 Å². The highest BCUT2D eigenvalue weighted by Gasteiger charge is 2.69. The van der Waals surface area contributed by atoms with E-state index in [2.05, 4.69) is 34.3 Å². The van der Waals surface area contributed by atoms with Gasteiger partial charge in [-0.25, -0.2) is 0 Å². The molecule has 0 bridgehead atoms. The Morgan fingerprint density at radius 2 is 1.77 bits per heavy atom. The van der Waals surface area contributed by atoms with Crippen LogP contribution < -0.4 is 0 Å². The van der Waals surface area contributed by atoms with Crippen LogP contribution in [0.3, 0.4) is 0 Å². The van der Waals surface area contributed by atoms with Crippen LogP contribution >= 0.6 is 0 Å². The van der Waals surface area contributed by atoms with Crippen LogP contribution in [0.1, 0.15) is 98.3 Å². The molecule has 172 valence electrons. The van der Waals surface area contributed by atoms with Gasteiger partial charge in [-0.3, -0.25) is 14.4 Å². The van der Waals surface area contributed by atoms with Gasteiger partial charge in [0.2, 0.25) is 0 Å². The molecule has 3 nitrogen and oxygen atoms in total. The van der Waals surface area contributed by atoms with Crippen LogP contribution in [0, 0.1) is 45.8 Å². The number of rotatable bonds is 6. The van der Waals surface area contributed by atoms with Crippen molar-refractivity contribution in [3.05, 3.63) is 12.7 Å². The quantitative estimate of drug-likeness (QED) is 0.367. The lowest BCUT2D eigenvalue weighted by Crippen LogP contribution is -2.61. The van der Waals surface area contributed by atoms with Crippen molar-refractivity contribution in [2.75, 3.05) is 0 Å². The van der Waals surface area contributed by atoms with Gasteiger partial charge in [0.1, 0.15) is 17.3 Å². The molecule has 0 saturated heterocycles. The van der Waals surface area contributed by atoms with E-state index in [4.69, 9.17) is 0 Å². The summed E-state index contributed by atoms with van der Waals surface area (Å²) in [5.74, 6) is 2.03. The van der Waals surface area contributed by atoms with Crippen LogP contribution in [0.4, 0.5) is 0 Å². The fourth-order valence-electron chi connectivity index (χ4n) is 8.61. The Morgan fingerprint density at radius 3 is 2.48 bits per heavy atom. The van der Waals surface area contributed by atoms with E-state index in [1.54, 1.807) is 0 Å². The highest BCUT2D eigenvalue weighted by Crippen LogP contribution is 2.70. The number of allylic oxidation sites excluding steroid dienone is 1. The largest absolute Gasteiger partial charge is 0.300 e. The molecule has 0 radical (unpaired) electrons. The molecule has 31 heavy (non-hydrogen) atoms. The van der Waals surface area contributed by atoms with Gasteiger partial charge in [0.15, 0.2) is 0 Å². The first-order valence-electron chi connectivity index (χ1n) is 12.8. The summed E-state index contributed by atoms with van der Waals surface area (Å²) in [7, 11) is 0. The predicted molar refractivity (Wildman–Crippen MR) is 123 cm³/mol. The van der Waals surface area contributed by atoms with Gasteiger partial charge in [-0.2, -0.15) is 0 Å². The van der Waals surface area contributed by atoms with Crippen LogP contribution in [-0.2, 0) is 14.4 Å². The Hall–Kier alpha value is -1.25. The molecule has 3 heteroatoms. The van der Waals surface area contributed by atoms with Crippen molar-refractivity contribution in [3.63, 3.8) is 0 Å². The molecule has 0 aromatic heterocycles. The molecule has 0 amide bonds. The Morgan fingerprint density at radius 1 is 1.03 bits per heavy atom. The second-order valence-electron chi connectivity index (χ2n) is 12.1.